The summed E-state index contributed by atoms with van der Waals surface area (Å²) in [6, 6.07) is 8.49. The van der Waals surface area contributed by atoms with Gasteiger partial charge in [-0.3, -0.25) is 4.79 Å². The second-order valence-electron chi connectivity index (χ2n) is 6.32. The van der Waals surface area contributed by atoms with Gasteiger partial charge in [-0.1, -0.05) is 25.0 Å². The van der Waals surface area contributed by atoms with Gasteiger partial charge in [0.05, 0.1) is 13.1 Å². The minimum atomic E-state index is 0. The van der Waals surface area contributed by atoms with Crippen molar-refractivity contribution < 1.29 is 4.79 Å². The van der Waals surface area contributed by atoms with Gasteiger partial charge in [-0.25, -0.2) is 0 Å². The van der Waals surface area contributed by atoms with Crippen LogP contribution in [0.5, 0.6) is 0 Å². The Morgan fingerprint density at radius 2 is 1.67 bits per heavy atom. The van der Waals surface area contributed by atoms with Gasteiger partial charge in [0.1, 0.15) is 0 Å². The molecule has 24 heavy (non-hydrogen) atoms. The summed E-state index contributed by atoms with van der Waals surface area (Å²) < 4.78 is 0. The molecule has 1 amide bonds. The molecule has 1 fully saturated rings. The lowest BCUT2D eigenvalue weighted by atomic mass is 9.82. The van der Waals surface area contributed by atoms with Crippen LogP contribution >= 0.6 is 35.1 Å². The average molecular weight is 385 g/mol. The number of carbonyl (C=O) groups excluding carboxylic acids is 1. The van der Waals surface area contributed by atoms with E-state index in [0.29, 0.717) is 25.4 Å². The molecular formula is C18H25ClN2OS2. The molecule has 1 aliphatic carbocycles. The third kappa shape index (κ3) is 5.31. The second-order valence-corrected chi connectivity index (χ2v) is 8.39. The Hall–Kier alpha value is -0.880. The maximum atomic E-state index is 12.9. The second kappa shape index (κ2) is 9.56. The molecule has 2 aromatic rings. The van der Waals surface area contributed by atoms with Crippen LogP contribution in [0.3, 0.4) is 0 Å². The van der Waals surface area contributed by atoms with Crippen molar-refractivity contribution in [3.63, 3.8) is 0 Å². The molecule has 0 bridgehead atoms. The minimum Gasteiger partial charge on any atom is -0.332 e. The highest BCUT2D eigenvalue weighted by Crippen LogP contribution is 2.27. The van der Waals surface area contributed by atoms with Crippen LogP contribution in [-0.4, -0.2) is 16.8 Å². The Bertz CT molecular complexity index is 564. The third-order valence-electron chi connectivity index (χ3n) is 4.61. The van der Waals surface area contributed by atoms with Crippen LogP contribution in [0, 0.1) is 5.92 Å². The lowest BCUT2D eigenvalue weighted by Gasteiger charge is -2.30. The zero-order valence-electron chi connectivity index (χ0n) is 13.7. The van der Waals surface area contributed by atoms with Crippen molar-refractivity contribution >= 4 is 41.0 Å². The van der Waals surface area contributed by atoms with Crippen LogP contribution in [-0.2, 0) is 17.9 Å². The van der Waals surface area contributed by atoms with E-state index >= 15 is 0 Å². The quantitative estimate of drug-likeness (QED) is 0.786. The van der Waals surface area contributed by atoms with E-state index in [2.05, 4.69) is 22.9 Å². The monoisotopic (exact) mass is 384 g/mol. The van der Waals surface area contributed by atoms with Gasteiger partial charge in [-0.05, 0) is 41.7 Å². The number of carbonyl (C=O) groups is 1. The fraction of sp³-hybridized carbons (Fsp3) is 0.500. The van der Waals surface area contributed by atoms with E-state index in [1.807, 2.05) is 17.0 Å². The molecule has 0 aromatic carbocycles. The predicted molar refractivity (Wildman–Crippen MR) is 105 cm³/mol. The first kappa shape index (κ1) is 19.4. The Labute approximate surface area is 158 Å². The largest absolute Gasteiger partial charge is 0.332 e. The summed E-state index contributed by atoms with van der Waals surface area (Å²) in [5.74, 6) is 0.597. The number of hydrogen-bond acceptors (Lipinski definition) is 4. The van der Waals surface area contributed by atoms with E-state index in [9.17, 15) is 4.79 Å². The summed E-state index contributed by atoms with van der Waals surface area (Å²) in [4.78, 5) is 17.4. The van der Waals surface area contributed by atoms with Gasteiger partial charge in [-0.15, -0.1) is 35.1 Å². The fourth-order valence-corrected chi connectivity index (χ4v) is 4.70. The van der Waals surface area contributed by atoms with Crippen molar-refractivity contribution in [1.29, 1.82) is 0 Å². The maximum absolute atomic E-state index is 12.9. The normalized spacial score (nSPS) is 20.4. The van der Waals surface area contributed by atoms with E-state index in [-0.39, 0.29) is 24.4 Å². The summed E-state index contributed by atoms with van der Waals surface area (Å²) in [5.41, 5.74) is 6.23. The fourth-order valence-electron chi connectivity index (χ4n) is 3.26. The molecule has 0 saturated heterocycles. The summed E-state index contributed by atoms with van der Waals surface area (Å²) in [6.45, 7) is 1.41. The van der Waals surface area contributed by atoms with E-state index in [4.69, 9.17) is 5.73 Å². The highest BCUT2D eigenvalue weighted by Gasteiger charge is 2.26. The molecule has 0 aliphatic heterocycles. The van der Waals surface area contributed by atoms with Gasteiger partial charge in [0.25, 0.3) is 0 Å². The van der Waals surface area contributed by atoms with Crippen molar-refractivity contribution in [3.05, 3.63) is 44.8 Å². The Morgan fingerprint density at radius 1 is 1.08 bits per heavy atom. The first-order valence-electron chi connectivity index (χ1n) is 8.30. The summed E-state index contributed by atoms with van der Waals surface area (Å²) in [6.07, 6.45) is 5.17. The maximum Gasteiger partial charge on any atom is 0.223 e. The molecule has 1 aliphatic rings. The smallest absolute Gasteiger partial charge is 0.223 e. The van der Waals surface area contributed by atoms with Crippen LogP contribution in [0.15, 0.2) is 35.0 Å². The van der Waals surface area contributed by atoms with Gasteiger partial charge in [-0.2, -0.15) is 0 Å². The van der Waals surface area contributed by atoms with Crippen LogP contribution in [0.25, 0.3) is 0 Å². The molecule has 3 nitrogen and oxygen atoms in total. The van der Waals surface area contributed by atoms with Crippen molar-refractivity contribution in [2.24, 2.45) is 11.7 Å². The third-order valence-corrected chi connectivity index (χ3v) is 6.33. The van der Waals surface area contributed by atoms with Gasteiger partial charge in [0.15, 0.2) is 0 Å². The zero-order valence-corrected chi connectivity index (χ0v) is 16.2. The Balaban J connectivity index is 0.00000208. The first-order chi connectivity index (χ1) is 11.2. The topological polar surface area (TPSA) is 46.3 Å². The summed E-state index contributed by atoms with van der Waals surface area (Å²) in [5, 5.41) is 4.14. The first-order valence-corrected chi connectivity index (χ1v) is 10.1. The van der Waals surface area contributed by atoms with Crippen LogP contribution in [0.1, 0.15) is 41.9 Å². The minimum absolute atomic E-state index is 0. The molecule has 6 heteroatoms. The van der Waals surface area contributed by atoms with E-state index in [1.165, 1.54) is 22.6 Å². The van der Waals surface area contributed by atoms with Gasteiger partial charge >= 0.3 is 0 Å². The van der Waals surface area contributed by atoms with E-state index in [0.717, 1.165) is 12.8 Å². The average Bonchev–Trinajstić information content (AvgIpc) is 3.22. The van der Waals surface area contributed by atoms with Crippen LogP contribution in [0.4, 0.5) is 0 Å². The number of nitrogens with zero attached hydrogens (tertiary/aromatic N) is 1. The molecular weight excluding hydrogens is 360 g/mol. The lowest BCUT2D eigenvalue weighted by Crippen LogP contribution is -2.38. The van der Waals surface area contributed by atoms with Gasteiger partial charge in [0.2, 0.25) is 5.91 Å². The molecule has 1 saturated carbocycles. The van der Waals surface area contributed by atoms with Crippen LogP contribution < -0.4 is 5.73 Å². The van der Waals surface area contributed by atoms with Crippen molar-refractivity contribution in [1.82, 2.24) is 4.90 Å². The highest BCUT2D eigenvalue weighted by molar-refractivity contribution is 7.10. The van der Waals surface area contributed by atoms with E-state index < -0.39 is 0 Å². The number of thiophene rings is 2. The molecule has 2 aromatic heterocycles. The number of halogens is 1. The van der Waals surface area contributed by atoms with Crippen molar-refractivity contribution in [2.75, 3.05) is 0 Å². The summed E-state index contributed by atoms with van der Waals surface area (Å²) in [7, 11) is 0. The standard InChI is InChI=1S/C18H24N2OS2.ClH/c19-17-8-2-1-5-14(17)11-18(21)20(12-15-6-3-9-22-15)13-16-7-4-10-23-16;/h3-4,6-7,9-10,14,17H,1-2,5,8,11-13,19H2;1H. The molecule has 0 radical (unpaired) electrons. The number of nitrogens with two attached hydrogens (primary N) is 1. The van der Waals surface area contributed by atoms with Crippen molar-refractivity contribution in [3.8, 4) is 0 Å². The Morgan fingerprint density at radius 3 is 2.17 bits per heavy atom. The van der Waals surface area contributed by atoms with E-state index in [1.54, 1.807) is 22.7 Å². The molecule has 3 rings (SSSR count). The SMILES string of the molecule is Cl.NC1CCCCC1CC(=O)N(Cc1cccs1)Cc1cccs1. The number of amides is 1. The highest BCUT2D eigenvalue weighted by atomic mass is 35.5. The molecule has 0 spiro atoms. The van der Waals surface area contributed by atoms with Gasteiger partial charge in [0, 0.05) is 22.2 Å². The Kier molecular flexibility index (Phi) is 7.75. The molecule has 2 N–H and O–H groups in total. The molecule has 2 heterocycles. The van der Waals surface area contributed by atoms with Crippen LogP contribution in [0.2, 0.25) is 0 Å². The summed E-state index contributed by atoms with van der Waals surface area (Å²) >= 11 is 3.43. The predicted octanol–water partition coefficient (Wildman–Crippen LogP) is 4.67. The van der Waals surface area contributed by atoms with Crippen molar-refractivity contribution in [2.45, 2.75) is 51.2 Å². The zero-order chi connectivity index (χ0) is 16.1. The van der Waals surface area contributed by atoms with Gasteiger partial charge < -0.3 is 10.6 Å². The molecule has 132 valence electrons. The molecule has 2 unspecified atom stereocenters. The number of rotatable bonds is 6. The lowest BCUT2D eigenvalue weighted by molar-refractivity contribution is -0.133. The molecule has 2 atom stereocenters. The number of hydrogen-bond donors (Lipinski definition) is 1.